The summed E-state index contributed by atoms with van der Waals surface area (Å²) in [7, 11) is 0. The minimum Gasteiger partial charge on any atom is -0.341 e. The molecule has 0 radical (unpaired) electrons. The van der Waals surface area contributed by atoms with Crippen molar-refractivity contribution in [2.45, 2.75) is 44.7 Å². The molecule has 2 unspecified atom stereocenters. The fourth-order valence-electron chi connectivity index (χ4n) is 3.25. The minimum absolute atomic E-state index is 0. The quantitative estimate of drug-likeness (QED) is 0.908. The van der Waals surface area contributed by atoms with E-state index in [1.54, 1.807) is 0 Å². The SMILES string of the molecule is Cc1ccccc1CC(=O)N1CCC2CCC(C1)N2.Cl. The minimum atomic E-state index is 0. The number of carbonyl (C=O) groups excluding carboxylic acids is 1. The van der Waals surface area contributed by atoms with Crippen LogP contribution >= 0.6 is 12.4 Å². The fourth-order valence-corrected chi connectivity index (χ4v) is 3.25. The summed E-state index contributed by atoms with van der Waals surface area (Å²) in [4.78, 5) is 14.5. The average molecular weight is 295 g/mol. The van der Waals surface area contributed by atoms with Crippen LogP contribution in [0, 0.1) is 6.92 Å². The van der Waals surface area contributed by atoms with E-state index in [-0.39, 0.29) is 18.3 Å². The van der Waals surface area contributed by atoms with Crippen molar-refractivity contribution >= 4 is 18.3 Å². The third kappa shape index (κ3) is 3.33. The number of nitrogens with one attached hydrogen (secondary N) is 1. The number of hydrogen-bond acceptors (Lipinski definition) is 2. The third-order valence-corrected chi connectivity index (χ3v) is 4.48. The second kappa shape index (κ2) is 6.59. The molecular formula is C16H23ClN2O. The lowest BCUT2D eigenvalue weighted by Gasteiger charge is -2.24. The Morgan fingerprint density at radius 1 is 1.25 bits per heavy atom. The first-order valence-electron chi connectivity index (χ1n) is 7.30. The molecule has 4 heteroatoms. The van der Waals surface area contributed by atoms with E-state index in [0.717, 1.165) is 25.1 Å². The average Bonchev–Trinajstić information content (AvgIpc) is 2.71. The number of amides is 1. The van der Waals surface area contributed by atoms with Gasteiger partial charge >= 0.3 is 0 Å². The number of halogens is 1. The number of rotatable bonds is 2. The van der Waals surface area contributed by atoms with Gasteiger partial charge in [0.25, 0.3) is 0 Å². The van der Waals surface area contributed by atoms with Gasteiger partial charge in [-0.15, -0.1) is 12.4 Å². The molecule has 1 aromatic carbocycles. The summed E-state index contributed by atoms with van der Waals surface area (Å²) < 4.78 is 0. The first-order valence-corrected chi connectivity index (χ1v) is 7.30. The summed E-state index contributed by atoms with van der Waals surface area (Å²) in [6.45, 7) is 3.88. The molecule has 0 saturated carbocycles. The van der Waals surface area contributed by atoms with Crippen LogP contribution in [0.2, 0.25) is 0 Å². The van der Waals surface area contributed by atoms with Crippen LogP contribution in [0.1, 0.15) is 30.4 Å². The Morgan fingerprint density at radius 2 is 2.00 bits per heavy atom. The summed E-state index contributed by atoms with van der Waals surface area (Å²) in [5.41, 5.74) is 2.38. The molecule has 2 heterocycles. The molecule has 1 aromatic rings. The Labute approximate surface area is 127 Å². The van der Waals surface area contributed by atoms with E-state index >= 15 is 0 Å². The van der Waals surface area contributed by atoms with Crippen LogP contribution in [0.25, 0.3) is 0 Å². The maximum Gasteiger partial charge on any atom is 0.227 e. The molecule has 0 aromatic heterocycles. The largest absolute Gasteiger partial charge is 0.341 e. The highest BCUT2D eigenvalue weighted by Crippen LogP contribution is 2.21. The Hall–Kier alpha value is -1.06. The summed E-state index contributed by atoms with van der Waals surface area (Å²) in [6, 6.07) is 9.35. The van der Waals surface area contributed by atoms with Gasteiger partial charge in [0.2, 0.25) is 5.91 Å². The number of likely N-dealkylation sites (tertiary alicyclic amines) is 1. The molecule has 1 amide bonds. The van der Waals surface area contributed by atoms with Crippen LogP contribution in [0.4, 0.5) is 0 Å². The molecule has 2 saturated heterocycles. The first kappa shape index (κ1) is 15.3. The van der Waals surface area contributed by atoms with E-state index in [0.29, 0.717) is 18.5 Å². The number of carbonyl (C=O) groups is 1. The maximum absolute atomic E-state index is 12.4. The normalized spacial score (nSPS) is 24.9. The highest BCUT2D eigenvalue weighted by molar-refractivity contribution is 5.85. The zero-order chi connectivity index (χ0) is 13.2. The number of aryl methyl sites for hydroxylation is 1. The highest BCUT2D eigenvalue weighted by atomic mass is 35.5. The molecule has 110 valence electrons. The smallest absolute Gasteiger partial charge is 0.227 e. The van der Waals surface area contributed by atoms with Crippen molar-refractivity contribution in [2.75, 3.05) is 13.1 Å². The summed E-state index contributed by atoms with van der Waals surface area (Å²) >= 11 is 0. The Kier molecular flexibility index (Phi) is 5.06. The van der Waals surface area contributed by atoms with E-state index < -0.39 is 0 Å². The molecule has 2 bridgehead atoms. The lowest BCUT2D eigenvalue weighted by Crippen LogP contribution is -2.39. The molecule has 2 atom stereocenters. The van der Waals surface area contributed by atoms with Crippen LogP contribution in [-0.2, 0) is 11.2 Å². The highest BCUT2D eigenvalue weighted by Gasteiger charge is 2.30. The maximum atomic E-state index is 12.4. The summed E-state index contributed by atoms with van der Waals surface area (Å²) in [5, 5.41) is 3.62. The number of benzene rings is 1. The Balaban J connectivity index is 0.00000147. The molecule has 0 aliphatic carbocycles. The molecule has 0 spiro atoms. The zero-order valence-electron chi connectivity index (χ0n) is 12.0. The van der Waals surface area contributed by atoms with Crippen molar-refractivity contribution in [2.24, 2.45) is 0 Å². The van der Waals surface area contributed by atoms with E-state index in [4.69, 9.17) is 0 Å². The predicted molar refractivity (Wildman–Crippen MR) is 83.3 cm³/mol. The van der Waals surface area contributed by atoms with E-state index in [1.807, 2.05) is 12.1 Å². The van der Waals surface area contributed by atoms with Gasteiger partial charge < -0.3 is 10.2 Å². The van der Waals surface area contributed by atoms with Crippen molar-refractivity contribution in [3.8, 4) is 0 Å². The predicted octanol–water partition coefficient (Wildman–Crippen LogP) is 2.31. The zero-order valence-corrected chi connectivity index (χ0v) is 12.8. The van der Waals surface area contributed by atoms with Crippen molar-refractivity contribution in [1.29, 1.82) is 0 Å². The van der Waals surface area contributed by atoms with Crippen molar-refractivity contribution < 1.29 is 4.79 Å². The van der Waals surface area contributed by atoms with Crippen LogP contribution in [-0.4, -0.2) is 36.0 Å². The van der Waals surface area contributed by atoms with Gasteiger partial charge in [0, 0.05) is 25.2 Å². The van der Waals surface area contributed by atoms with Gasteiger partial charge in [-0.25, -0.2) is 0 Å². The molecule has 3 nitrogen and oxygen atoms in total. The van der Waals surface area contributed by atoms with E-state index in [2.05, 4.69) is 29.3 Å². The van der Waals surface area contributed by atoms with Crippen molar-refractivity contribution in [1.82, 2.24) is 10.2 Å². The van der Waals surface area contributed by atoms with Gasteiger partial charge in [0.1, 0.15) is 0 Å². The molecule has 2 fully saturated rings. The molecule has 1 N–H and O–H groups in total. The molecular weight excluding hydrogens is 272 g/mol. The fraction of sp³-hybridized carbons (Fsp3) is 0.562. The van der Waals surface area contributed by atoms with Crippen LogP contribution < -0.4 is 5.32 Å². The molecule has 2 aliphatic heterocycles. The molecule has 3 rings (SSSR count). The number of hydrogen-bond donors (Lipinski definition) is 1. The summed E-state index contributed by atoms with van der Waals surface area (Å²) in [5.74, 6) is 0.281. The van der Waals surface area contributed by atoms with Crippen LogP contribution in [0.5, 0.6) is 0 Å². The summed E-state index contributed by atoms with van der Waals surface area (Å²) in [6.07, 6.45) is 4.16. The first-order chi connectivity index (χ1) is 9.22. The lowest BCUT2D eigenvalue weighted by atomic mass is 10.0. The number of nitrogens with zero attached hydrogens (tertiary/aromatic N) is 1. The molecule has 2 aliphatic rings. The van der Waals surface area contributed by atoms with Gasteiger partial charge in [-0.2, -0.15) is 0 Å². The van der Waals surface area contributed by atoms with Gasteiger partial charge in [-0.1, -0.05) is 24.3 Å². The van der Waals surface area contributed by atoms with Crippen molar-refractivity contribution in [3.05, 3.63) is 35.4 Å². The second-order valence-corrected chi connectivity index (χ2v) is 5.87. The van der Waals surface area contributed by atoms with Gasteiger partial charge in [0.05, 0.1) is 6.42 Å². The topological polar surface area (TPSA) is 32.3 Å². The standard InChI is InChI=1S/C16H22N2O.ClH/c1-12-4-2-3-5-13(12)10-16(19)18-9-8-14-6-7-15(11-18)17-14;/h2-5,14-15,17H,6-11H2,1H3;1H. The lowest BCUT2D eigenvalue weighted by molar-refractivity contribution is -0.130. The van der Waals surface area contributed by atoms with Gasteiger partial charge in [-0.05, 0) is 37.3 Å². The van der Waals surface area contributed by atoms with Crippen LogP contribution in [0.3, 0.4) is 0 Å². The Bertz CT molecular complexity index is 477. The van der Waals surface area contributed by atoms with E-state index in [9.17, 15) is 4.79 Å². The van der Waals surface area contributed by atoms with Gasteiger partial charge in [0.15, 0.2) is 0 Å². The third-order valence-electron chi connectivity index (χ3n) is 4.48. The molecule has 20 heavy (non-hydrogen) atoms. The van der Waals surface area contributed by atoms with Crippen LogP contribution in [0.15, 0.2) is 24.3 Å². The van der Waals surface area contributed by atoms with Crippen molar-refractivity contribution in [3.63, 3.8) is 0 Å². The Morgan fingerprint density at radius 3 is 2.80 bits per heavy atom. The monoisotopic (exact) mass is 294 g/mol. The number of fused-ring (bicyclic) bond motifs is 2. The second-order valence-electron chi connectivity index (χ2n) is 5.87. The van der Waals surface area contributed by atoms with Gasteiger partial charge in [-0.3, -0.25) is 4.79 Å². The van der Waals surface area contributed by atoms with E-state index in [1.165, 1.54) is 18.4 Å².